The SMILES string of the molecule is C=CCN1C(=O)c2oc3ccc(C)cc3c(=O)c2C12C(=O)N(Cc1ccccc1)c1ccccc12. The molecule has 1 spiro atoms. The van der Waals surface area contributed by atoms with Crippen molar-refractivity contribution in [1.82, 2.24) is 4.90 Å². The third kappa shape index (κ3) is 2.74. The van der Waals surface area contributed by atoms with Crippen molar-refractivity contribution in [3.8, 4) is 0 Å². The Labute approximate surface area is 201 Å². The molecular formula is C29H22N2O4. The number of fused-ring (bicyclic) bond motifs is 5. The van der Waals surface area contributed by atoms with Crippen LogP contribution in [0.25, 0.3) is 11.0 Å². The van der Waals surface area contributed by atoms with E-state index in [0.29, 0.717) is 28.8 Å². The van der Waals surface area contributed by atoms with Crippen molar-refractivity contribution in [3.63, 3.8) is 0 Å². The van der Waals surface area contributed by atoms with Gasteiger partial charge in [-0.2, -0.15) is 0 Å². The molecule has 172 valence electrons. The van der Waals surface area contributed by atoms with E-state index in [1.165, 1.54) is 4.90 Å². The Kier molecular flexibility index (Phi) is 4.54. The van der Waals surface area contributed by atoms with Gasteiger partial charge in [0.05, 0.1) is 23.2 Å². The summed E-state index contributed by atoms with van der Waals surface area (Å²) in [5.41, 5.74) is 1.50. The highest BCUT2D eigenvalue weighted by atomic mass is 16.3. The van der Waals surface area contributed by atoms with Crippen LogP contribution >= 0.6 is 0 Å². The highest BCUT2D eigenvalue weighted by Crippen LogP contribution is 2.52. The monoisotopic (exact) mass is 462 g/mol. The van der Waals surface area contributed by atoms with E-state index in [-0.39, 0.29) is 29.2 Å². The first-order valence-electron chi connectivity index (χ1n) is 11.4. The molecule has 0 saturated heterocycles. The lowest BCUT2D eigenvalue weighted by Crippen LogP contribution is -2.53. The molecule has 1 unspecified atom stereocenters. The van der Waals surface area contributed by atoms with E-state index in [4.69, 9.17) is 4.42 Å². The third-order valence-corrected chi connectivity index (χ3v) is 6.89. The number of amides is 2. The maximum Gasteiger partial charge on any atom is 0.291 e. The molecule has 2 aliphatic heterocycles. The first-order valence-corrected chi connectivity index (χ1v) is 11.4. The number of aryl methyl sites for hydroxylation is 1. The molecular weight excluding hydrogens is 440 g/mol. The van der Waals surface area contributed by atoms with Gasteiger partial charge in [0.1, 0.15) is 5.58 Å². The summed E-state index contributed by atoms with van der Waals surface area (Å²) in [6.45, 7) is 6.08. The zero-order valence-corrected chi connectivity index (χ0v) is 19.2. The van der Waals surface area contributed by atoms with Crippen LogP contribution in [0.5, 0.6) is 0 Å². The van der Waals surface area contributed by atoms with Crippen molar-refractivity contribution in [1.29, 1.82) is 0 Å². The average molecular weight is 463 g/mol. The quantitative estimate of drug-likeness (QED) is 0.418. The molecule has 2 amide bonds. The zero-order valence-electron chi connectivity index (χ0n) is 19.2. The second-order valence-electron chi connectivity index (χ2n) is 8.94. The van der Waals surface area contributed by atoms with Crippen LogP contribution in [0.1, 0.15) is 32.8 Å². The fourth-order valence-electron chi connectivity index (χ4n) is 5.41. The smallest absolute Gasteiger partial charge is 0.291 e. The predicted octanol–water partition coefficient (Wildman–Crippen LogP) is 4.53. The molecule has 6 heteroatoms. The average Bonchev–Trinajstić information content (AvgIpc) is 3.26. The van der Waals surface area contributed by atoms with Gasteiger partial charge in [0.15, 0.2) is 11.0 Å². The Balaban J connectivity index is 1.68. The minimum atomic E-state index is -1.62. The van der Waals surface area contributed by atoms with E-state index in [9.17, 15) is 14.4 Å². The summed E-state index contributed by atoms with van der Waals surface area (Å²) >= 11 is 0. The number of anilines is 1. The molecule has 1 atom stereocenters. The second kappa shape index (κ2) is 7.53. The van der Waals surface area contributed by atoms with Gasteiger partial charge in [-0.15, -0.1) is 6.58 Å². The fourth-order valence-corrected chi connectivity index (χ4v) is 5.41. The van der Waals surface area contributed by atoms with Crippen molar-refractivity contribution in [2.75, 3.05) is 11.4 Å². The standard InChI is InChI=1S/C29H22N2O4/c1-3-15-31-27(33)26-24(25(32)20-16-18(2)13-14-23(20)35-26)29(31)21-11-7-8-12-22(21)30(28(29)34)17-19-9-5-4-6-10-19/h3-14,16H,1,15,17H2,2H3. The van der Waals surface area contributed by atoms with Crippen LogP contribution in [0.3, 0.4) is 0 Å². The van der Waals surface area contributed by atoms with Gasteiger partial charge in [-0.1, -0.05) is 66.2 Å². The molecule has 1 aromatic heterocycles. The summed E-state index contributed by atoms with van der Waals surface area (Å²) in [6, 6.07) is 22.2. The maximum absolute atomic E-state index is 14.5. The van der Waals surface area contributed by atoms with Crippen molar-refractivity contribution in [2.45, 2.75) is 19.0 Å². The summed E-state index contributed by atoms with van der Waals surface area (Å²) in [4.78, 5) is 45.3. The Morgan fingerprint density at radius 3 is 2.49 bits per heavy atom. The molecule has 0 bridgehead atoms. The molecule has 35 heavy (non-hydrogen) atoms. The number of hydrogen-bond acceptors (Lipinski definition) is 4. The highest BCUT2D eigenvalue weighted by molar-refractivity contribution is 6.17. The molecule has 0 saturated carbocycles. The van der Waals surface area contributed by atoms with E-state index in [1.807, 2.05) is 67.6 Å². The Bertz CT molecular complexity index is 1600. The van der Waals surface area contributed by atoms with Gasteiger partial charge in [0.25, 0.3) is 11.8 Å². The van der Waals surface area contributed by atoms with Crippen LogP contribution in [0.15, 0.2) is 94.7 Å². The van der Waals surface area contributed by atoms with Gasteiger partial charge in [-0.05, 0) is 30.7 Å². The number of nitrogens with zero attached hydrogens (tertiary/aromatic N) is 2. The van der Waals surface area contributed by atoms with Gasteiger partial charge in [-0.3, -0.25) is 14.4 Å². The topological polar surface area (TPSA) is 70.8 Å². The molecule has 0 fully saturated rings. The summed E-state index contributed by atoms with van der Waals surface area (Å²) in [5, 5.41) is 0.350. The molecule has 6 nitrogen and oxygen atoms in total. The van der Waals surface area contributed by atoms with Crippen LogP contribution in [-0.4, -0.2) is 23.3 Å². The Morgan fingerprint density at radius 1 is 0.971 bits per heavy atom. The van der Waals surface area contributed by atoms with Crippen molar-refractivity contribution in [3.05, 3.63) is 124 Å². The minimum absolute atomic E-state index is 0.0791. The Morgan fingerprint density at radius 2 is 1.71 bits per heavy atom. The fraction of sp³-hybridized carbons (Fsp3) is 0.138. The molecule has 0 radical (unpaired) electrons. The lowest BCUT2D eigenvalue weighted by atomic mass is 9.84. The third-order valence-electron chi connectivity index (χ3n) is 6.89. The normalized spacial score (nSPS) is 18.4. The molecule has 0 N–H and O–H groups in total. The number of carbonyl (C=O) groups excluding carboxylic acids is 2. The van der Waals surface area contributed by atoms with Gasteiger partial charge < -0.3 is 14.2 Å². The van der Waals surface area contributed by atoms with Gasteiger partial charge >= 0.3 is 0 Å². The van der Waals surface area contributed by atoms with Gasteiger partial charge in [-0.25, -0.2) is 0 Å². The lowest BCUT2D eigenvalue weighted by molar-refractivity contribution is -0.126. The van der Waals surface area contributed by atoms with Crippen molar-refractivity contribution in [2.24, 2.45) is 0 Å². The number of hydrogen-bond donors (Lipinski definition) is 0. The first kappa shape index (κ1) is 21.1. The number of carbonyl (C=O) groups is 2. The van der Waals surface area contributed by atoms with Gasteiger partial charge in [0, 0.05) is 12.1 Å². The van der Waals surface area contributed by atoms with Crippen LogP contribution in [0.2, 0.25) is 0 Å². The van der Waals surface area contributed by atoms with Crippen LogP contribution in [0, 0.1) is 6.92 Å². The molecule has 0 aliphatic carbocycles. The number of benzene rings is 3. The molecule has 3 aromatic carbocycles. The summed E-state index contributed by atoms with van der Waals surface area (Å²) in [7, 11) is 0. The van der Waals surface area contributed by atoms with Crippen molar-refractivity contribution < 1.29 is 14.0 Å². The molecule has 6 rings (SSSR count). The zero-order chi connectivity index (χ0) is 24.3. The predicted molar refractivity (Wildman–Crippen MR) is 133 cm³/mol. The van der Waals surface area contributed by atoms with E-state index in [2.05, 4.69) is 6.58 Å². The van der Waals surface area contributed by atoms with E-state index >= 15 is 0 Å². The first-order chi connectivity index (χ1) is 17.0. The van der Waals surface area contributed by atoms with Gasteiger partial charge in [0.2, 0.25) is 5.76 Å². The molecule has 4 aromatic rings. The number of para-hydroxylation sites is 1. The van der Waals surface area contributed by atoms with Crippen LogP contribution in [0.4, 0.5) is 5.69 Å². The highest BCUT2D eigenvalue weighted by Gasteiger charge is 2.64. The molecule has 3 heterocycles. The molecule has 2 aliphatic rings. The van der Waals surface area contributed by atoms with Crippen LogP contribution < -0.4 is 10.3 Å². The summed E-state index contributed by atoms with van der Waals surface area (Å²) < 4.78 is 6.04. The minimum Gasteiger partial charge on any atom is -0.450 e. The number of rotatable bonds is 4. The van der Waals surface area contributed by atoms with E-state index in [0.717, 1.165) is 11.1 Å². The largest absolute Gasteiger partial charge is 0.450 e. The van der Waals surface area contributed by atoms with Crippen LogP contribution in [-0.2, 0) is 16.9 Å². The summed E-state index contributed by atoms with van der Waals surface area (Å²) in [6.07, 6.45) is 1.57. The second-order valence-corrected chi connectivity index (χ2v) is 8.94. The lowest BCUT2D eigenvalue weighted by Gasteiger charge is -2.33. The summed E-state index contributed by atoms with van der Waals surface area (Å²) in [5.74, 6) is -0.932. The Hall–Kier alpha value is -4.45. The maximum atomic E-state index is 14.5. The van der Waals surface area contributed by atoms with E-state index < -0.39 is 11.4 Å². The van der Waals surface area contributed by atoms with E-state index in [1.54, 1.807) is 23.1 Å². The van der Waals surface area contributed by atoms with Crippen molar-refractivity contribution >= 4 is 28.5 Å².